The van der Waals surface area contributed by atoms with Crippen LogP contribution in [-0.4, -0.2) is 4.98 Å². The van der Waals surface area contributed by atoms with Crippen molar-refractivity contribution in [1.82, 2.24) is 4.98 Å². The number of aromatic nitrogens is 1. The van der Waals surface area contributed by atoms with E-state index in [-0.39, 0.29) is 21.7 Å². The monoisotopic (exact) mass is 1400 g/mol. The molecule has 0 bridgehead atoms. The second-order valence-electron chi connectivity index (χ2n) is 34.3. The zero-order valence-electron chi connectivity index (χ0n) is 64.3. The third kappa shape index (κ3) is 9.63. The molecule has 0 spiro atoms. The predicted molar refractivity (Wildman–Crippen MR) is 453 cm³/mol. The number of benzene rings is 12. The second-order valence-corrected chi connectivity index (χ2v) is 34.3. The van der Waals surface area contributed by atoms with Gasteiger partial charge in [-0.25, -0.2) is 4.98 Å². The Morgan fingerprint density at radius 2 is 0.741 bits per heavy atom. The minimum absolute atomic E-state index is 0.0444. The van der Waals surface area contributed by atoms with E-state index >= 15 is 0 Å². The molecule has 5 aliphatic carbocycles. The number of anilines is 3. The van der Waals surface area contributed by atoms with Crippen LogP contribution in [0.2, 0.25) is 0 Å². The van der Waals surface area contributed by atoms with Gasteiger partial charge in [-0.1, -0.05) is 297 Å². The van der Waals surface area contributed by atoms with Crippen molar-refractivity contribution in [1.29, 1.82) is 0 Å². The normalized spacial score (nSPS) is 15.6. The first-order chi connectivity index (χ1) is 52.5. The van der Waals surface area contributed by atoms with Crippen LogP contribution in [0.25, 0.3) is 133 Å². The van der Waals surface area contributed by atoms with Crippen molar-refractivity contribution in [3.05, 3.63) is 298 Å². The maximum absolute atomic E-state index is 7.12. The Morgan fingerprint density at radius 1 is 0.306 bits per heavy atom. The lowest BCUT2D eigenvalue weighted by Crippen LogP contribution is -2.25. The van der Waals surface area contributed by atoms with E-state index in [0.717, 1.165) is 56.0 Å². The van der Waals surface area contributed by atoms with Crippen LogP contribution in [0.3, 0.4) is 0 Å². The summed E-state index contributed by atoms with van der Waals surface area (Å²) in [6.07, 6.45) is 17.4. The van der Waals surface area contributed by atoms with E-state index in [1.165, 1.54) is 216 Å². The zero-order chi connectivity index (χ0) is 73.3. The van der Waals surface area contributed by atoms with Gasteiger partial charge in [-0.05, 0) is 219 Å². The summed E-state index contributed by atoms with van der Waals surface area (Å²) in [6, 6.07) is 90.1. The topological polar surface area (TPSA) is 42.4 Å². The number of furan rings is 2. The lowest BCUT2D eigenvalue weighted by atomic mass is 9.70. The molecule has 5 aliphatic rings. The van der Waals surface area contributed by atoms with Crippen LogP contribution in [0.5, 0.6) is 0 Å². The van der Waals surface area contributed by atoms with Gasteiger partial charge in [0.25, 0.3) is 0 Å². The smallest absolute Gasteiger partial charge is 0.144 e. The molecule has 4 nitrogen and oxygen atoms in total. The van der Waals surface area contributed by atoms with Crippen LogP contribution in [0.15, 0.2) is 252 Å². The standard InChI is InChI=1S/C104H94N2O2/c1-11-13-15-17-28-54-104(55-29-18-16-14-12-2)81-36-24-19-31-70(81)73-51-46-67(59-86(73)104)66-45-50-72-71-49-44-65(57-82(71)100(3,4)83(72)58-66)63-40-42-64(43-41-63)79-62-87-91(93-77-33-21-25-37-88(77)107-98(79)93)75-52-47-68(60-84(75)101(87,5)6)106(90-39-27-30-56-105-90)69-48-53-76-85(61-69)103(9,10)97-95(76)99-94(78-34-22-26-38-89(78)108-99)92-74-32-20-23-35-80(74)102(7,8)96(92)97/h19-27,30-53,56-62H,11-18,28-29,54-55H2,1-10H3. The van der Waals surface area contributed by atoms with Gasteiger partial charge in [0.1, 0.15) is 28.1 Å². The summed E-state index contributed by atoms with van der Waals surface area (Å²) in [5, 5.41) is 4.68. The van der Waals surface area contributed by atoms with Gasteiger partial charge in [0.05, 0.1) is 0 Å². The second kappa shape index (κ2) is 24.6. The highest BCUT2D eigenvalue weighted by Crippen LogP contribution is 2.65. The molecular formula is C104H94N2O2. The van der Waals surface area contributed by atoms with Gasteiger partial charge in [0, 0.05) is 77.3 Å². The summed E-state index contributed by atoms with van der Waals surface area (Å²) in [6.45, 7) is 24.1. The number of nitrogens with zero attached hydrogens (tertiary/aromatic N) is 2. The number of hydrogen-bond donors (Lipinski definition) is 0. The van der Waals surface area contributed by atoms with Crippen molar-refractivity contribution in [3.63, 3.8) is 0 Å². The van der Waals surface area contributed by atoms with Gasteiger partial charge in [0.2, 0.25) is 0 Å². The van der Waals surface area contributed by atoms with E-state index in [2.05, 4.69) is 305 Å². The number of hydrogen-bond acceptors (Lipinski definition) is 4. The summed E-state index contributed by atoms with van der Waals surface area (Å²) < 4.78 is 14.2. The predicted octanol–water partition coefficient (Wildman–Crippen LogP) is 29.6. The quantitative estimate of drug-likeness (QED) is 0.0803. The minimum atomic E-state index is -0.391. The average Bonchev–Trinajstić information content (AvgIpc) is 1.50. The fraction of sp³-hybridized carbons (Fsp3) is 0.260. The molecule has 0 unspecified atom stereocenters. The van der Waals surface area contributed by atoms with Crippen LogP contribution in [0, 0.1) is 0 Å². The van der Waals surface area contributed by atoms with E-state index < -0.39 is 5.41 Å². The maximum atomic E-state index is 7.12. The Bertz CT molecular complexity index is 6210. The molecule has 0 saturated heterocycles. The number of fused-ring (bicyclic) bond motifs is 25. The van der Waals surface area contributed by atoms with Crippen LogP contribution in [0.1, 0.15) is 202 Å². The summed E-state index contributed by atoms with van der Waals surface area (Å²) in [7, 11) is 0. The van der Waals surface area contributed by atoms with E-state index in [9.17, 15) is 0 Å². The summed E-state index contributed by atoms with van der Waals surface area (Å²) in [5.41, 5.74) is 39.0. The molecule has 0 saturated carbocycles. The first-order valence-electron chi connectivity index (χ1n) is 40.3. The summed E-state index contributed by atoms with van der Waals surface area (Å²) in [4.78, 5) is 7.51. The van der Waals surface area contributed by atoms with Gasteiger partial charge in [0.15, 0.2) is 0 Å². The van der Waals surface area contributed by atoms with Crippen LogP contribution < -0.4 is 4.90 Å². The molecule has 3 heterocycles. The largest absolute Gasteiger partial charge is 0.455 e. The van der Waals surface area contributed by atoms with Crippen molar-refractivity contribution >= 4 is 61.1 Å². The van der Waals surface area contributed by atoms with Gasteiger partial charge >= 0.3 is 0 Å². The molecule has 0 radical (unpaired) electrons. The highest BCUT2D eigenvalue weighted by Gasteiger charge is 2.50. The lowest BCUT2D eigenvalue weighted by molar-refractivity contribution is 0.399. The van der Waals surface area contributed by atoms with Gasteiger partial charge in [-0.2, -0.15) is 0 Å². The molecule has 15 aromatic rings. The van der Waals surface area contributed by atoms with E-state index in [1.54, 1.807) is 11.1 Å². The van der Waals surface area contributed by atoms with Gasteiger partial charge in [-0.3, -0.25) is 4.90 Å². The Kier molecular flexibility index (Phi) is 15.2. The first kappa shape index (κ1) is 66.6. The molecular weight excluding hydrogens is 1310 g/mol. The van der Waals surface area contributed by atoms with E-state index in [4.69, 9.17) is 13.8 Å². The van der Waals surface area contributed by atoms with Crippen molar-refractivity contribution < 1.29 is 8.83 Å². The number of para-hydroxylation sites is 2. The third-order valence-electron chi connectivity index (χ3n) is 26.8. The van der Waals surface area contributed by atoms with Crippen LogP contribution >= 0.6 is 0 Å². The Labute approximate surface area is 636 Å². The number of unbranched alkanes of at least 4 members (excludes halogenated alkanes) is 8. The molecule has 0 N–H and O–H groups in total. The van der Waals surface area contributed by atoms with Crippen LogP contribution in [-0.2, 0) is 27.1 Å². The third-order valence-corrected chi connectivity index (χ3v) is 26.8. The molecule has 0 amide bonds. The van der Waals surface area contributed by atoms with Crippen molar-refractivity contribution in [2.24, 2.45) is 0 Å². The Hall–Kier alpha value is -10.8. The van der Waals surface area contributed by atoms with E-state index in [1.807, 2.05) is 12.3 Å². The van der Waals surface area contributed by atoms with Gasteiger partial charge < -0.3 is 8.83 Å². The molecule has 3 aromatic heterocycles. The molecule has 4 heteroatoms. The van der Waals surface area contributed by atoms with Crippen LogP contribution in [0.4, 0.5) is 17.2 Å². The zero-order valence-corrected chi connectivity index (χ0v) is 64.3. The highest BCUT2D eigenvalue weighted by atomic mass is 16.3. The Morgan fingerprint density at radius 3 is 1.36 bits per heavy atom. The first-order valence-corrected chi connectivity index (χ1v) is 40.3. The maximum Gasteiger partial charge on any atom is 0.144 e. The minimum Gasteiger partial charge on any atom is -0.455 e. The van der Waals surface area contributed by atoms with Crippen molar-refractivity contribution in [2.45, 2.75) is 173 Å². The SMILES string of the molecule is CCCCCCCC1(CCCCCCC)c2ccccc2-c2ccc(-c3ccc4c(c3)C(C)(C)c3cc(-c5ccc(-c6cc7c(c8c6oc6ccccc68)-c6ccc(N(c8ccc9c(c8)C(C)(C)c8c%10c(c%11c(oc%12ccccc%12%11)c8-9)-c8ccccc8C%10(C)C)c8ccccn8)cc6C7(C)C)cc5)ccc3-4)cc21. The fourth-order valence-corrected chi connectivity index (χ4v) is 21.3. The Balaban J connectivity index is 0.632. The summed E-state index contributed by atoms with van der Waals surface area (Å²) >= 11 is 0. The molecule has 532 valence electrons. The molecule has 108 heavy (non-hydrogen) atoms. The molecule has 0 aliphatic heterocycles. The molecule has 20 rings (SSSR count). The van der Waals surface area contributed by atoms with E-state index in [0.29, 0.717) is 0 Å². The van der Waals surface area contributed by atoms with Gasteiger partial charge in [-0.15, -0.1) is 0 Å². The van der Waals surface area contributed by atoms with Crippen molar-refractivity contribution in [3.8, 4) is 89.0 Å². The molecule has 0 atom stereocenters. The summed E-state index contributed by atoms with van der Waals surface area (Å²) in [5.74, 6) is 0.860. The highest BCUT2D eigenvalue weighted by molar-refractivity contribution is 6.22. The number of rotatable bonds is 18. The lowest BCUT2D eigenvalue weighted by Gasteiger charge is -2.33. The molecule has 0 fully saturated rings. The fourth-order valence-electron chi connectivity index (χ4n) is 21.3. The van der Waals surface area contributed by atoms with Crippen molar-refractivity contribution in [2.75, 3.05) is 4.90 Å². The number of pyridine rings is 1. The molecule has 12 aromatic carbocycles. The average molecular weight is 1400 g/mol.